The quantitative estimate of drug-likeness (QED) is 0.243. The maximum Gasteiger partial charge on any atom is 0.349 e. The lowest BCUT2D eigenvalue weighted by Crippen LogP contribution is -2.40. The van der Waals surface area contributed by atoms with Crippen LogP contribution >= 0.6 is 11.3 Å². The summed E-state index contributed by atoms with van der Waals surface area (Å²) in [6.07, 6.45) is 2.32. The molecule has 1 N–H and O–H groups in total. The zero-order valence-corrected chi connectivity index (χ0v) is 22.8. The van der Waals surface area contributed by atoms with Gasteiger partial charge in [-0.2, -0.15) is 0 Å². The van der Waals surface area contributed by atoms with E-state index >= 15 is 0 Å². The molecule has 0 aliphatic heterocycles. The van der Waals surface area contributed by atoms with Crippen LogP contribution in [0.25, 0.3) is 11.3 Å². The zero-order valence-electron chi connectivity index (χ0n) is 22.0. The molecule has 0 saturated heterocycles. The van der Waals surface area contributed by atoms with Crippen molar-refractivity contribution in [2.75, 3.05) is 6.61 Å². The van der Waals surface area contributed by atoms with Crippen LogP contribution in [0.1, 0.15) is 54.1 Å². The molecule has 0 radical (unpaired) electrons. The van der Waals surface area contributed by atoms with E-state index in [1.165, 1.54) is 0 Å². The lowest BCUT2D eigenvalue weighted by molar-refractivity contribution is -0.158. The van der Waals surface area contributed by atoms with E-state index in [-0.39, 0.29) is 5.97 Å². The molecule has 0 fully saturated rings. The van der Waals surface area contributed by atoms with Gasteiger partial charge in [-0.15, -0.1) is 11.3 Å². The summed E-state index contributed by atoms with van der Waals surface area (Å²) >= 11 is 1.62. The lowest BCUT2D eigenvalue weighted by atomic mass is 10.0. The molecule has 0 spiro atoms. The number of aryl methyl sites for hydroxylation is 2. The first-order valence-corrected chi connectivity index (χ1v) is 13.2. The van der Waals surface area contributed by atoms with Gasteiger partial charge >= 0.3 is 5.97 Å². The zero-order chi connectivity index (χ0) is 26.4. The van der Waals surface area contributed by atoms with Gasteiger partial charge in [0.25, 0.3) is 0 Å². The highest BCUT2D eigenvalue weighted by Crippen LogP contribution is 2.29. The molecule has 0 unspecified atom stereocenters. The maximum absolute atomic E-state index is 12.2. The summed E-state index contributed by atoms with van der Waals surface area (Å²) in [5.41, 5.74) is 4.00. The molecule has 8 heteroatoms. The van der Waals surface area contributed by atoms with E-state index in [1.54, 1.807) is 38.3 Å². The van der Waals surface area contributed by atoms with Crippen LogP contribution in [-0.4, -0.2) is 28.1 Å². The van der Waals surface area contributed by atoms with Gasteiger partial charge in [0, 0.05) is 24.0 Å². The highest BCUT2D eigenvalue weighted by Gasteiger charge is 2.32. The number of benzene rings is 2. The number of esters is 1. The Morgan fingerprint density at radius 3 is 2.54 bits per heavy atom. The minimum Gasteiger partial charge on any atom is -0.476 e. The molecule has 0 aliphatic carbocycles. The summed E-state index contributed by atoms with van der Waals surface area (Å²) in [6.45, 7) is 10.9. The van der Waals surface area contributed by atoms with E-state index in [0.717, 1.165) is 38.7 Å². The van der Waals surface area contributed by atoms with E-state index in [4.69, 9.17) is 18.9 Å². The van der Waals surface area contributed by atoms with Crippen LogP contribution in [0.4, 0.5) is 0 Å². The van der Waals surface area contributed by atoms with Gasteiger partial charge in [-0.3, -0.25) is 0 Å². The van der Waals surface area contributed by atoms with Gasteiger partial charge in [0.05, 0.1) is 24.9 Å². The smallest absolute Gasteiger partial charge is 0.349 e. The summed E-state index contributed by atoms with van der Waals surface area (Å²) in [5.74, 6) is 1.76. The van der Waals surface area contributed by atoms with Crippen LogP contribution in [0.15, 0.2) is 58.5 Å². The predicted octanol–water partition coefficient (Wildman–Crippen LogP) is 6.02. The second-order valence-electron chi connectivity index (χ2n) is 9.39. The molecule has 37 heavy (non-hydrogen) atoms. The van der Waals surface area contributed by atoms with Crippen LogP contribution < -0.4 is 10.1 Å². The Labute approximate surface area is 221 Å². The van der Waals surface area contributed by atoms with Gasteiger partial charge in [-0.1, -0.05) is 42.5 Å². The number of hydrogen-bond donors (Lipinski definition) is 1. The fraction of sp³-hybridized carbons (Fsp3) is 0.345. The minimum absolute atomic E-state index is 0.323. The van der Waals surface area contributed by atoms with Gasteiger partial charge in [-0.05, 0) is 51.3 Å². The van der Waals surface area contributed by atoms with Gasteiger partial charge in [0.2, 0.25) is 5.89 Å². The Hall–Kier alpha value is -3.49. The second kappa shape index (κ2) is 11.7. The van der Waals surface area contributed by atoms with Crippen molar-refractivity contribution in [2.24, 2.45) is 0 Å². The fourth-order valence-electron chi connectivity index (χ4n) is 4.01. The number of thiazole rings is 1. The van der Waals surface area contributed by atoms with Crippen molar-refractivity contribution in [3.05, 3.63) is 87.3 Å². The molecule has 7 nitrogen and oxygen atoms in total. The van der Waals surface area contributed by atoms with Crippen molar-refractivity contribution in [3.63, 3.8) is 0 Å². The van der Waals surface area contributed by atoms with Crippen LogP contribution in [0.2, 0.25) is 0 Å². The molecule has 0 atom stereocenters. The third-order valence-electron chi connectivity index (χ3n) is 5.79. The number of carbonyl (C=O) groups excluding carboxylic acids is 1. The number of oxazole rings is 1. The van der Waals surface area contributed by atoms with Gasteiger partial charge < -0.3 is 19.2 Å². The first-order chi connectivity index (χ1) is 17.7. The Kier molecular flexibility index (Phi) is 8.41. The van der Waals surface area contributed by atoms with Crippen LogP contribution in [0.5, 0.6) is 5.75 Å². The van der Waals surface area contributed by atoms with Crippen molar-refractivity contribution in [1.82, 2.24) is 15.3 Å². The van der Waals surface area contributed by atoms with Crippen LogP contribution in [0, 0.1) is 13.8 Å². The molecular formula is C29H33N3O4S. The molecule has 2 aromatic carbocycles. The van der Waals surface area contributed by atoms with Crippen molar-refractivity contribution in [1.29, 1.82) is 0 Å². The Bertz CT molecular complexity index is 1320. The molecular weight excluding hydrogens is 486 g/mol. The predicted molar refractivity (Wildman–Crippen MR) is 145 cm³/mol. The van der Waals surface area contributed by atoms with Crippen LogP contribution in [0.3, 0.4) is 0 Å². The standard InChI is InChI=1S/C29H33N3O4S/c1-6-34-28(33)29(4,5)36-27-19(2)12-21(13-20(27)3)15-30-17-26-32-23(18-37-26)14-25-31-16-24(35-25)22-10-8-7-9-11-22/h7-13,16,18,30H,6,14-15,17H2,1-5H3. The van der Waals surface area contributed by atoms with Crippen molar-refractivity contribution < 1.29 is 18.7 Å². The molecule has 0 amide bonds. The average Bonchev–Trinajstić information content (AvgIpc) is 3.52. The maximum atomic E-state index is 12.2. The van der Waals surface area contributed by atoms with Gasteiger partial charge in [-0.25, -0.2) is 14.8 Å². The minimum atomic E-state index is -1.05. The third-order valence-corrected chi connectivity index (χ3v) is 6.69. The van der Waals surface area contributed by atoms with Gasteiger partial charge in [0.1, 0.15) is 10.8 Å². The fourth-order valence-corrected chi connectivity index (χ4v) is 4.78. The summed E-state index contributed by atoms with van der Waals surface area (Å²) in [5, 5.41) is 6.53. The van der Waals surface area contributed by atoms with E-state index in [1.807, 2.05) is 44.2 Å². The highest BCUT2D eigenvalue weighted by molar-refractivity contribution is 7.09. The normalized spacial score (nSPS) is 11.5. The molecule has 4 aromatic rings. The third kappa shape index (κ3) is 6.84. The first-order valence-electron chi connectivity index (χ1n) is 12.4. The highest BCUT2D eigenvalue weighted by atomic mass is 32.1. The summed E-state index contributed by atoms with van der Waals surface area (Å²) in [7, 11) is 0. The number of hydrogen-bond acceptors (Lipinski definition) is 8. The molecule has 2 aromatic heterocycles. The van der Waals surface area contributed by atoms with E-state index in [0.29, 0.717) is 37.8 Å². The molecule has 2 heterocycles. The first kappa shape index (κ1) is 26.6. The monoisotopic (exact) mass is 519 g/mol. The number of aromatic nitrogens is 2. The number of carbonyl (C=O) groups is 1. The summed E-state index contributed by atoms with van der Waals surface area (Å²) in [6, 6.07) is 14.1. The van der Waals surface area contributed by atoms with Crippen molar-refractivity contribution >= 4 is 17.3 Å². The van der Waals surface area contributed by atoms with Gasteiger partial charge in [0.15, 0.2) is 11.4 Å². The topological polar surface area (TPSA) is 86.5 Å². The SMILES string of the molecule is CCOC(=O)C(C)(C)Oc1c(C)cc(CNCc2nc(Cc3ncc(-c4ccccc4)o3)cs2)cc1C. The van der Waals surface area contributed by atoms with E-state index in [9.17, 15) is 4.79 Å². The Balaban J connectivity index is 1.31. The second-order valence-corrected chi connectivity index (χ2v) is 10.3. The van der Waals surface area contributed by atoms with Crippen molar-refractivity contribution in [2.45, 2.75) is 59.7 Å². The van der Waals surface area contributed by atoms with Crippen molar-refractivity contribution in [3.8, 4) is 17.1 Å². The van der Waals surface area contributed by atoms with E-state index < -0.39 is 5.60 Å². The number of nitrogens with zero attached hydrogens (tertiary/aromatic N) is 2. The number of ether oxygens (including phenoxy) is 2. The summed E-state index contributed by atoms with van der Waals surface area (Å²) < 4.78 is 17.1. The van der Waals surface area contributed by atoms with Crippen LogP contribution in [-0.2, 0) is 29.0 Å². The van der Waals surface area contributed by atoms with E-state index in [2.05, 4.69) is 27.8 Å². The summed E-state index contributed by atoms with van der Waals surface area (Å²) in [4.78, 5) is 21.4. The lowest BCUT2D eigenvalue weighted by Gasteiger charge is -2.26. The molecule has 4 rings (SSSR count). The molecule has 0 aliphatic rings. The largest absolute Gasteiger partial charge is 0.476 e. The molecule has 0 bridgehead atoms. The number of rotatable bonds is 11. The Morgan fingerprint density at radius 2 is 1.84 bits per heavy atom. The number of nitrogens with one attached hydrogen (secondary N) is 1. The molecule has 0 saturated carbocycles. The average molecular weight is 520 g/mol. The Morgan fingerprint density at radius 1 is 1.11 bits per heavy atom. The molecule has 194 valence electrons.